The van der Waals surface area contributed by atoms with E-state index in [4.69, 9.17) is 11.6 Å². The van der Waals surface area contributed by atoms with E-state index >= 15 is 0 Å². The average Bonchev–Trinajstić information content (AvgIpc) is 3.15. The van der Waals surface area contributed by atoms with Gasteiger partial charge in [0.25, 0.3) is 0 Å². The van der Waals surface area contributed by atoms with Crippen LogP contribution in [0.1, 0.15) is 19.4 Å². The van der Waals surface area contributed by atoms with Crippen molar-refractivity contribution in [2.24, 2.45) is 5.92 Å². The fourth-order valence-electron chi connectivity index (χ4n) is 2.66. The summed E-state index contributed by atoms with van der Waals surface area (Å²) in [5.41, 5.74) is 0.709. The summed E-state index contributed by atoms with van der Waals surface area (Å²) < 4.78 is 38.5. The van der Waals surface area contributed by atoms with Crippen LogP contribution in [0.5, 0.6) is 0 Å². The van der Waals surface area contributed by atoms with Gasteiger partial charge in [-0.3, -0.25) is 9.78 Å². The van der Waals surface area contributed by atoms with Gasteiger partial charge in [-0.25, -0.2) is 4.98 Å². The smallest absolute Gasteiger partial charge is 0.372 e. The van der Waals surface area contributed by atoms with Crippen molar-refractivity contribution < 1.29 is 18.0 Å². The van der Waals surface area contributed by atoms with Gasteiger partial charge in [0.2, 0.25) is 5.91 Å². The SMILES string of the molecule is CC(C)[C@H](Nc1ccc(C(F)(F)F)cc1Cl)C(=O)Nc1nc(-c2ccccn2)cs1. The van der Waals surface area contributed by atoms with Crippen LogP contribution in [0.3, 0.4) is 0 Å². The number of carbonyl (C=O) groups excluding carboxylic acids is 1. The van der Waals surface area contributed by atoms with Crippen LogP contribution in [0.4, 0.5) is 24.0 Å². The van der Waals surface area contributed by atoms with Crippen LogP contribution >= 0.6 is 22.9 Å². The number of hydrogen-bond acceptors (Lipinski definition) is 5. The van der Waals surface area contributed by atoms with E-state index < -0.39 is 17.8 Å². The Kier molecular flexibility index (Phi) is 6.62. The summed E-state index contributed by atoms with van der Waals surface area (Å²) in [5, 5.41) is 7.74. The lowest BCUT2D eigenvalue weighted by Crippen LogP contribution is -2.39. The molecular weight excluding hydrogens is 437 g/mol. The number of nitrogens with one attached hydrogen (secondary N) is 2. The number of alkyl halides is 3. The minimum atomic E-state index is -4.49. The molecule has 30 heavy (non-hydrogen) atoms. The Balaban J connectivity index is 1.74. The quantitative estimate of drug-likeness (QED) is 0.482. The maximum Gasteiger partial charge on any atom is 0.416 e. The molecule has 1 atom stereocenters. The number of amides is 1. The number of halogens is 4. The number of benzene rings is 1. The van der Waals surface area contributed by atoms with E-state index in [2.05, 4.69) is 20.6 Å². The highest BCUT2D eigenvalue weighted by atomic mass is 35.5. The molecule has 3 aromatic rings. The molecule has 0 fully saturated rings. The highest BCUT2D eigenvalue weighted by Gasteiger charge is 2.31. The molecule has 1 aromatic carbocycles. The summed E-state index contributed by atoms with van der Waals surface area (Å²) in [6.07, 6.45) is -2.84. The van der Waals surface area contributed by atoms with Crippen molar-refractivity contribution in [2.45, 2.75) is 26.1 Å². The van der Waals surface area contributed by atoms with E-state index in [0.29, 0.717) is 16.5 Å². The molecule has 0 unspecified atom stereocenters. The first-order valence-corrected chi connectivity index (χ1v) is 10.2. The fourth-order valence-corrected chi connectivity index (χ4v) is 3.60. The second kappa shape index (κ2) is 9.01. The Bertz CT molecular complexity index is 1020. The summed E-state index contributed by atoms with van der Waals surface area (Å²) >= 11 is 7.26. The Hall–Kier alpha value is -2.65. The van der Waals surface area contributed by atoms with Crippen molar-refractivity contribution in [2.75, 3.05) is 10.6 Å². The third kappa shape index (κ3) is 5.28. The highest BCUT2D eigenvalue weighted by molar-refractivity contribution is 7.14. The van der Waals surface area contributed by atoms with Crippen LogP contribution in [-0.4, -0.2) is 21.9 Å². The molecule has 2 N–H and O–H groups in total. The molecule has 2 aromatic heterocycles. The van der Waals surface area contributed by atoms with Gasteiger partial charge in [-0.05, 0) is 36.2 Å². The van der Waals surface area contributed by atoms with Gasteiger partial charge in [0.05, 0.1) is 22.0 Å². The molecule has 158 valence electrons. The van der Waals surface area contributed by atoms with Crippen molar-refractivity contribution in [1.29, 1.82) is 0 Å². The summed E-state index contributed by atoms with van der Waals surface area (Å²) in [7, 11) is 0. The molecule has 0 saturated heterocycles. The van der Waals surface area contributed by atoms with Gasteiger partial charge >= 0.3 is 6.18 Å². The molecule has 2 heterocycles. The third-order valence-corrected chi connectivity index (χ3v) is 5.29. The summed E-state index contributed by atoms with van der Waals surface area (Å²) in [4.78, 5) is 21.4. The molecule has 0 bridgehead atoms. The fraction of sp³-hybridized carbons (Fsp3) is 0.250. The van der Waals surface area contributed by atoms with Gasteiger partial charge in [-0.1, -0.05) is 31.5 Å². The molecule has 0 spiro atoms. The normalized spacial score (nSPS) is 12.6. The van der Waals surface area contributed by atoms with Crippen LogP contribution in [0.15, 0.2) is 48.0 Å². The predicted octanol–water partition coefficient (Wildman–Crippen LogP) is 5.95. The van der Waals surface area contributed by atoms with Crippen LogP contribution in [0.25, 0.3) is 11.4 Å². The molecule has 1 amide bonds. The number of pyridine rings is 1. The molecule has 0 saturated carbocycles. The van der Waals surface area contributed by atoms with Crippen molar-refractivity contribution >= 4 is 39.7 Å². The minimum absolute atomic E-state index is 0.116. The maximum atomic E-state index is 12.8. The molecule has 3 rings (SSSR count). The summed E-state index contributed by atoms with van der Waals surface area (Å²) in [5.74, 6) is -0.540. The van der Waals surface area contributed by atoms with E-state index in [1.165, 1.54) is 17.4 Å². The van der Waals surface area contributed by atoms with E-state index in [0.717, 1.165) is 12.1 Å². The van der Waals surface area contributed by atoms with Gasteiger partial charge in [-0.15, -0.1) is 11.3 Å². The summed E-state index contributed by atoms with van der Waals surface area (Å²) in [6.45, 7) is 3.63. The number of carbonyl (C=O) groups is 1. The lowest BCUT2D eigenvalue weighted by atomic mass is 10.0. The van der Waals surface area contributed by atoms with Gasteiger partial charge in [0.1, 0.15) is 11.7 Å². The zero-order valence-corrected chi connectivity index (χ0v) is 17.6. The molecular formula is C20H18ClF3N4OS. The lowest BCUT2D eigenvalue weighted by Gasteiger charge is -2.23. The maximum absolute atomic E-state index is 12.8. The second-order valence-electron chi connectivity index (χ2n) is 6.80. The number of anilines is 2. The number of nitrogens with zero attached hydrogens (tertiary/aromatic N) is 2. The zero-order valence-electron chi connectivity index (χ0n) is 16.0. The number of hydrogen-bond donors (Lipinski definition) is 2. The third-order valence-electron chi connectivity index (χ3n) is 4.22. The average molecular weight is 455 g/mol. The van der Waals surface area contributed by atoms with Crippen LogP contribution in [-0.2, 0) is 11.0 Å². The van der Waals surface area contributed by atoms with E-state index in [1.54, 1.807) is 17.6 Å². The van der Waals surface area contributed by atoms with Crippen molar-refractivity contribution in [3.8, 4) is 11.4 Å². The van der Waals surface area contributed by atoms with E-state index in [9.17, 15) is 18.0 Å². The molecule has 0 aliphatic rings. The van der Waals surface area contributed by atoms with Crippen LogP contribution in [0, 0.1) is 5.92 Å². The molecule has 0 aliphatic carbocycles. The number of thiazole rings is 1. The summed E-state index contributed by atoms with van der Waals surface area (Å²) in [6, 6.07) is 7.68. The van der Waals surface area contributed by atoms with Gasteiger partial charge in [-0.2, -0.15) is 13.2 Å². The first-order valence-electron chi connectivity index (χ1n) is 8.96. The Morgan fingerprint density at radius 3 is 2.53 bits per heavy atom. The lowest BCUT2D eigenvalue weighted by molar-refractivity contribution is -0.137. The van der Waals surface area contributed by atoms with E-state index in [-0.39, 0.29) is 22.5 Å². The van der Waals surface area contributed by atoms with Crippen molar-refractivity contribution in [1.82, 2.24) is 9.97 Å². The van der Waals surface area contributed by atoms with Gasteiger partial charge in [0.15, 0.2) is 5.13 Å². The van der Waals surface area contributed by atoms with Crippen LogP contribution in [0.2, 0.25) is 5.02 Å². The van der Waals surface area contributed by atoms with Gasteiger partial charge < -0.3 is 10.6 Å². The largest absolute Gasteiger partial charge is 0.416 e. The Morgan fingerprint density at radius 1 is 1.17 bits per heavy atom. The van der Waals surface area contributed by atoms with Gasteiger partial charge in [0, 0.05) is 11.6 Å². The Morgan fingerprint density at radius 2 is 1.93 bits per heavy atom. The highest BCUT2D eigenvalue weighted by Crippen LogP contribution is 2.34. The minimum Gasteiger partial charge on any atom is -0.372 e. The van der Waals surface area contributed by atoms with Crippen molar-refractivity contribution in [3.05, 3.63) is 58.6 Å². The number of aromatic nitrogens is 2. The van der Waals surface area contributed by atoms with Crippen molar-refractivity contribution in [3.63, 3.8) is 0 Å². The standard InChI is InChI=1S/C20H18ClF3N4OS/c1-11(2)17(26-14-7-6-12(9-13(14)21)20(22,23)24)18(29)28-19-27-16(10-30-19)15-5-3-4-8-25-15/h3-11,17,26H,1-2H3,(H,27,28,29)/t17-/m0/s1. The Labute approximate surface area is 180 Å². The molecule has 10 heteroatoms. The topological polar surface area (TPSA) is 66.9 Å². The number of rotatable bonds is 6. The zero-order chi connectivity index (χ0) is 21.9. The molecule has 0 aliphatic heterocycles. The first kappa shape index (κ1) is 22.0. The molecule has 5 nitrogen and oxygen atoms in total. The second-order valence-corrected chi connectivity index (χ2v) is 8.07. The first-order chi connectivity index (χ1) is 14.1. The molecule has 0 radical (unpaired) electrons. The van der Waals surface area contributed by atoms with E-state index in [1.807, 2.05) is 26.0 Å². The van der Waals surface area contributed by atoms with Crippen LogP contribution < -0.4 is 10.6 Å². The monoisotopic (exact) mass is 454 g/mol. The predicted molar refractivity (Wildman–Crippen MR) is 113 cm³/mol.